The second kappa shape index (κ2) is 5.63. The van der Waals surface area contributed by atoms with Crippen LogP contribution in [0.4, 0.5) is 0 Å². The van der Waals surface area contributed by atoms with Crippen LogP contribution in [0.3, 0.4) is 0 Å². The van der Waals surface area contributed by atoms with Gasteiger partial charge in [-0.1, -0.05) is 20.3 Å². The molecule has 0 amide bonds. The molecule has 2 heteroatoms. The summed E-state index contributed by atoms with van der Waals surface area (Å²) in [6, 6.07) is 5.06. The third kappa shape index (κ3) is 3.29. The lowest BCUT2D eigenvalue weighted by Gasteiger charge is -2.37. The molecule has 17 heavy (non-hydrogen) atoms. The van der Waals surface area contributed by atoms with Gasteiger partial charge in [0.05, 0.1) is 0 Å². The summed E-state index contributed by atoms with van der Waals surface area (Å²) in [6.07, 6.45) is 5.97. The van der Waals surface area contributed by atoms with Gasteiger partial charge in [0.2, 0.25) is 0 Å². The number of aryl methyl sites for hydroxylation is 1. The molecule has 94 valence electrons. The zero-order chi connectivity index (χ0) is 12.3. The van der Waals surface area contributed by atoms with Crippen molar-refractivity contribution in [3.63, 3.8) is 0 Å². The molecule has 1 aliphatic heterocycles. The van der Waals surface area contributed by atoms with Crippen molar-refractivity contribution in [3.8, 4) is 0 Å². The number of pyridine rings is 1. The van der Waals surface area contributed by atoms with Crippen LogP contribution in [0.25, 0.3) is 0 Å². The van der Waals surface area contributed by atoms with E-state index in [4.69, 9.17) is 0 Å². The minimum absolute atomic E-state index is 0.618. The standard InChI is InChI=1S/C15H24N2/c1-12(2)11-17-9-5-4-6-15(17)14-7-8-16-13(3)10-14/h7-8,10,12,15H,4-6,9,11H2,1-3H3. The number of likely N-dealkylation sites (tertiary alicyclic amines) is 1. The maximum atomic E-state index is 4.30. The Balaban J connectivity index is 2.15. The minimum Gasteiger partial charge on any atom is -0.296 e. The average molecular weight is 232 g/mol. The third-order valence-electron chi connectivity index (χ3n) is 3.52. The second-order valence-corrected chi connectivity index (χ2v) is 5.63. The molecule has 0 saturated carbocycles. The van der Waals surface area contributed by atoms with Crippen LogP contribution in [0.15, 0.2) is 18.3 Å². The van der Waals surface area contributed by atoms with Gasteiger partial charge in [0.15, 0.2) is 0 Å². The summed E-state index contributed by atoms with van der Waals surface area (Å²) in [5.74, 6) is 0.749. The van der Waals surface area contributed by atoms with E-state index in [1.54, 1.807) is 0 Å². The SMILES string of the molecule is Cc1cc(C2CCCCN2CC(C)C)ccn1. The molecule has 2 heterocycles. The first-order valence-corrected chi connectivity index (χ1v) is 6.83. The molecule has 1 aromatic heterocycles. The monoisotopic (exact) mass is 232 g/mol. The van der Waals surface area contributed by atoms with Crippen LogP contribution in [0, 0.1) is 12.8 Å². The first-order chi connectivity index (χ1) is 8.16. The largest absolute Gasteiger partial charge is 0.296 e. The Bertz CT molecular complexity index is 360. The molecular formula is C15H24N2. The van der Waals surface area contributed by atoms with E-state index in [1.807, 2.05) is 6.20 Å². The van der Waals surface area contributed by atoms with Crippen molar-refractivity contribution < 1.29 is 0 Å². The number of hydrogen-bond donors (Lipinski definition) is 0. The predicted molar refractivity (Wildman–Crippen MR) is 72.0 cm³/mol. The molecular weight excluding hydrogens is 208 g/mol. The Kier molecular flexibility index (Phi) is 4.16. The van der Waals surface area contributed by atoms with E-state index in [9.17, 15) is 0 Å². The highest BCUT2D eigenvalue weighted by molar-refractivity contribution is 5.20. The number of nitrogens with zero attached hydrogens (tertiary/aromatic N) is 2. The van der Waals surface area contributed by atoms with Gasteiger partial charge in [-0.05, 0) is 49.9 Å². The fourth-order valence-electron chi connectivity index (χ4n) is 2.83. The van der Waals surface area contributed by atoms with E-state index in [2.05, 4.69) is 42.8 Å². The van der Waals surface area contributed by atoms with Crippen LogP contribution in [0.5, 0.6) is 0 Å². The number of aromatic nitrogens is 1. The summed E-state index contributed by atoms with van der Waals surface area (Å²) in [4.78, 5) is 6.96. The van der Waals surface area contributed by atoms with Gasteiger partial charge in [-0.3, -0.25) is 9.88 Å². The van der Waals surface area contributed by atoms with Gasteiger partial charge in [0, 0.05) is 24.5 Å². The molecule has 0 bridgehead atoms. The summed E-state index contributed by atoms with van der Waals surface area (Å²) >= 11 is 0. The normalized spacial score (nSPS) is 22.0. The zero-order valence-corrected chi connectivity index (χ0v) is 11.3. The van der Waals surface area contributed by atoms with Gasteiger partial charge in [-0.2, -0.15) is 0 Å². The van der Waals surface area contributed by atoms with Crippen LogP contribution >= 0.6 is 0 Å². The second-order valence-electron chi connectivity index (χ2n) is 5.63. The summed E-state index contributed by atoms with van der Waals surface area (Å²) < 4.78 is 0. The molecule has 0 spiro atoms. The smallest absolute Gasteiger partial charge is 0.0375 e. The number of hydrogen-bond acceptors (Lipinski definition) is 2. The first-order valence-electron chi connectivity index (χ1n) is 6.83. The van der Waals surface area contributed by atoms with E-state index >= 15 is 0 Å². The zero-order valence-electron chi connectivity index (χ0n) is 11.3. The molecule has 1 unspecified atom stereocenters. The molecule has 2 nitrogen and oxygen atoms in total. The molecule has 1 aliphatic rings. The lowest BCUT2D eigenvalue weighted by atomic mass is 9.94. The van der Waals surface area contributed by atoms with Crippen molar-refractivity contribution in [3.05, 3.63) is 29.6 Å². The predicted octanol–water partition coefficient (Wildman–Crippen LogP) is 3.57. The van der Waals surface area contributed by atoms with Crippen LogP contribution in [-0.2, 0) is 0 Å². The lowest BCUT2D eigenvalue weighted by molar-refractivity contribution is 0.132. The molecule has 1 saturated heterocycles. The molecule has 0 N–H and O–H groups in total. The molecule has 0 aromatic carbocycles. The number of rotatable bonds is 3. The summed E-state index contributed by atoms with van der Waals surface area (Å²) in [7, 11) is 0. The third-order valence-corrected chi connectivity index (χ3v) is 3.52. The molecule has 2 rings (SSSR count). The topological polar surface area (TPSA) is 16.1 Å². The highest BCUT2D eigenvalue weighted by Gasteiger charge is 2.24. The van der Waals surface area contributed by atoms with E-state index in [0.29, 0.717) is 6.04 Å². The maximum absolute atomic E-state index is 4.30. The molecule has 1 atom stereocenters. The molecule has 1 aromatic rings. The molecule has 1 fully saturated rings. The van der Waals surface area contributed by atoms with Crippen molar-refractivity contribution >= 4 is 0 Å². The van der Waals surface area contributed by atoms with Crippen LogP contribution in [0.2, 0.25) is 0 Å². The Morgan fingerprint density at radius 1 is 1.41 bits per heavy atom. The van der Waals surface area contributed by atoms with Crippen LogP contribution in [-0.4, -0.2) is 23.0 Å². The number of piperidine rings is 1. The van der Waals surface area contributed by atoms with Crippen molar-refractivity contribution in [1.29, 1.82) is 0 Å². The Morgan fingerprint density at radius 3 is 2.94 bits per heavy atom. The van der Waals surface area contributed by atoms with Crippen molar-refractivity contribution in [2.75, 3.05) is 13.1 Å². The fourth-order valence-corrected chi connectivity index (χ4v) is 2.83. The van der Waals surface area contributed by atoms with E-state index in [1.165, 1.54) is 37.9 Å². The Morgan fingerprint density at radius 2 is 2.24 bits per heavy atom. The maximum Gasteiger partial charge on any atom is 0.0375 e. The van der Waals surface area contributed by atoms with Gasteiger partial charge in [0.25, 0.3) is 0 Å². The molecule has 0 aliphatic carbocycles. The highest BCUT2D eigenvalue weighted by atomic mass is 15.2. The van der Waals surface area contributed by atoms with Crippen molar-refractivity contribution in [2.24, 2.45) is 5.92 Å². The first kappa shape index (κ1) is 12.6. The van der Waals surface area contributed by atoms with E-state index < -0.39 is 0 Å². The van der Waals surface area contributed by atoms with Crippen LogP contribution in [0.1, 0.15) is 50.4 Å². The summed E-state index contributed by atoms with van der Waals surface area (Å²) in [6.45, 7) is 9.17. The van der Waals surface area contributed by atoms with E-state index in [-0.39, 0.29) is 0 Å². The average Bonchev–Trinajstić information content (AvgIpc) is 2.29. The van der Waals surface area contributed by atoms with Gasteiger partial charge < -0.3 is 0 Å². The van der Waals surface area contributed by atoms with Crippen LogP contribution < -0.4 is 0 Å². The molecule has 0 radical (unpaired) electrons. The Labute approximate surface area is 105 Å². The van der Waals surface area contributed by atoms with Gasteiger partial charge in [0.1, 0.15) is 0 Å². The lowest BCUT2D eigenvalue weighted by Crippen LogP contribution is -2.36. The van der Waals surface area contributed by atoms with Gasteiger partial charge in [-0.15, -0.1) is 0 Å². The van der Waals surface area contributed by atoms with Gasteiger partial charge in [-0.25, -0.2) is 0 Å². The Hall–Kier alpha value is -0.890. The fraction of sp³-hybridized carbons (Fsp3) is 0.667. The van der Waals surface area contributed by atoms with Gasteiger partial charge >= 0.3 is 0 Å². The summed E-state index contributed by atoms with van der Waals surface area (Å²) in [5, 5.41) is 0. The minimum atomic E-state index is 0.618. The summed E-state index contributed by atoms with van der Waals surface area (Å²) in [5.41, 5.74) is 2.59. The van der Waals surface area contributed by atoms with E-state index in [0.717, 1.165) is 11.6 Å². The van der Waals surface area contributed by atoms with Crippen molar-refractivity contribution in [1.82, 2.24) is 9.88 Å². The highest BCUT2D eigenvalue weighted by Crippen LogP contribution is 2.31. The van der Waals surface area contributed by atoms with Crippen molar-refractivity contribution in [2.45, 2.75) is 46.1 Å². The quantitative estimate of drug-likeness (QED) is 0.792.